The molecule has 0 atom stereocenters. The number of hydrogen-bond acceptors (Lipinski definition) is 4. The molecule has 0 unspecified atom stereocenters. The van der Waals surface area contributed by atoms with Crippen LogP contribution in [0.1, 0.15) is 51.1 Å². The Bertz CT molecular complexity index is 1030. The third-order valence-electron chi connectivity index (χ3n) is 4.60. The molecule has 5 heteroatoms. The van der Waals surface area contributed by atoms with E-state index in [1.807, 2.05) is 81.5 Å². The van der Waals surface area contributed by atoms with Gasteiger partial charge in [-0.1, -0.05) is 37.8 Å². The van der Waals surface area contributed by atoms with Gasteiger partial charge >= 0.3 is 0 Å². The maximum Gasteiger partial charge on any atom is 0.130 e. The van der Waals surface area contributed by atoms with Gasteiger partial charge in [-0.25, -0.2) is 0 Å². The van der Waals surface area contributed by atoms with Crippen molar-refractivity contribution in [2.45, 2.75) is 34.1 Å². The summed E-state index contributed by atoms with van der Waals surface area (Å²) in [6.07, 6.45) is 12.7. The Kier molecular flexibility index (Phi) is 9.98. The molecule has 0 fully saturated rings. The fraction of sp³-hybridized carbons (Fsp3) is 0.259. The van der Waals surface area contributed by atoms with Gasteiger partial charge in [-0.2, -0.15) is 5.10 Å². The summed E-state index contributed by atoms with van der Waals surface area (Å²) in [5, 5.41) is 7.31. The Labute approximate surface area is 191 Å². The quantitative estimate of drug-likeness (QED) is 0.240. The van der Waals surface area contributed by atoms with E-state index in [4.69, 9.17) is 9.47 Å². The molecule has 1 heterocycles. The zero-order valence-corrected chi connectivity index (χ0v) is 19.7. The molecule has 0 bridgehead atoms. The minimum atomic E-state index is 0.455. The molecule has 0 saturated heterocycles. The number of nitrogens with zero attached hydrogens (tertiary/aromatic N) is 2. The summed E-state index contributed by atoms with van der Waals surface area (Å²) in [6.45, 7) is 12.4. The van der Waals surface area contributed by atoms with E-state index in [0.717, 1.165) is 46.2 Å². The summed E-state index contributed by atoms with van der Waals surface area (Å²) in [4.78, 5) is 4.23. The molecular weight excluding hydrogens is 398 g/mol. The van der Waals surface area contributed by atoms with Gasteiger partial charge in [-0.15, -0.1) is 0 Å². The van der Waals surface area contributed by atoms with Gasteiger partial charge in [-0.3, -0.25) is 10.1 Å². The van der Waals surface area contributed by atoms with Crippen LogP contribution in [0, 0.1) is 0 Å². The van der Waals surface area contributed by atoms with Crippen molar-refractivity contribution in [1.82, 2.24) is 10.2 Å². The molecule has 1 N–H and O–H groups in total. The smallest absolute Gasteiger partial charge is 0.130 e. The second-order valence-corrected chi connectivity index (χ2v) is 7.42. The lowest BCUT2D eigenvalue weighted by Gasteiger charge is -2.06. The van der Waals surface area contributed by atoms with Gasteiger partial charge in [-0.05, 0) is 80.8 Å². The fourth-order valence-electron chi connectivity index (χ4n) is 2.49. The van der Waals surface area contributed by atoms with E-state index < -0.39 is 0 Å². The van der Waals surface area contributed by atoms with Crippen LogP contribution in [0.3, 0.4) is 0 Å². The molecule has 168 valence electrons. The van der Waals surface area contributed by atoms with Crippen LogP contribution in [-0.4, -0.2) is 29.6 Å². The Morgan fingerprint density at radius 2 is 1.84 bits per heavy atom. The molecule has 0 amide bonds. The van der Waals surface area contributed by atoms with E-state index in [2.05, 4.69) is 34.8 Å². The van der Waals surface area contributed by atoms with Crippen LogP contribution >= 0.6 is 0 Å². The lowest BCUT2D eigenvalue weighted by Crippen LogP contribution is -2.08. The summed E-state index contributed by atoms with van der Waals surface area (Å²) in [7, 11) is 1.78. The summed E-state index contributed by atoms with van der Waals surface area (Å²) in [5.74, 6) is 2.25. The van der Waals surface area contributed by atoms with E-state index in [0.29, 0.717) is 12.4 Å². The molecule has 0 spiro atoms. The number of aliphatic imine (C=N–C) groups is 1. The molecule has 32 heavy (non-hydrogen) atoms. The van der Waals surface area contributed by atoms with Crippen LogP contribution in [0.25, 0.3) is 18.2 Å². The summed E-state index contributed by atoms with van der Waals surface area (Å²) < 4.78 is 11.4. The predicted molar refractivity (Wildman–Crippen MR) is 136 cm³/mol. The molecule has 0 aliphatic rings. The van der Waals surface area contributed by atoms with Crippen molar-refractivity contribution < 1.29 is 9.47 Å². The number of aromatic amines is 1. The topological polar surface area (TPSA) is 59.5 Å². The van der Waals surface area contributed by atoms with E-state index in [1.54, 1.807) is 7.05 Å². The number of nitrogens with one attached hydrogen (secondary N) is 1. The molecule has 0 aliphatic heterocycles. The maximum atomic E-state index is 5.81. The van der Waals surface area contributed by atoms with Crippen LogP contribution < -0.4 is 4.74 Å². The van der Waals surface area contributed by atoms with Gasteiger partial charge in [0, 0.05) is 7.05 Å². The lowest BCUT2D eigenvalue weighted by atomic mass is 10.2. The number of rotatable bonds is 11. The number of benzene rings is 1. The molecule has 5 nitrogen and oxygen atoms in total. The second kappa shape index (κ2) is 13.0. The number of H-pyrrole nitrogens is 1. The number of aromatic nitrogens is 2. The summed E-state index contributed by atoms with van der Waals surface area (Å²) >= 11 is 0. The van der Waals surface area contributed by atoms with E-state index >= 15 is 0 Å². The van der Waals surface area contributed by atoms with Crippen molar-refractivity contribution in [2.75, 3.05) is 13.7 Å². The average Bonchev–Trinajstić information content (AvgIpc) is 3.25. The first-order valence-corrected chi connectivity index (χ1v) is 10.7. The molecule has 0 saturated carbocycles. The first-order chi connectivity index (χ1) is 15.4. The van der Waals surface area contributed by atoms with Gasteiger partial charge < -0.3 is 9.47 Å². The van der Waals surface area contributed by atoms with Crippen molar-refractivity contribution in [3.63, 3.8) is 0 Å². The highest BCUT2D eigenvalue weighted by atomic mass is 16.5. The molecule has 2 rings (SSSR count). The highest BCUT2D eigenvalue weighted by Crippen LogP contribution is 2.15. The summed E-state index contributed by atoms with van der Waals surface area (Å²) in [6, 6.07) is 9.89. The van der Waals surface area contributed by atoms with Gasteiger partial charge in [0.15, 0.2) is 0 Å². The Balaban J connectivity index is 1.90. The Morgan fingerprint density at radius 3 is 2.50 bits per heavy atom. The van der Waals surface area contributed by atoms with Gasteiger partial charge in [0.2, 0.25) is 0 Å². The minimum Gasteiger partial charge on any atom is -0.487 e. The standard InChI is InChI=1S/C27H33N3O2/c1-7-8-9-26(28-6)19-31-27-16-12-23(13-17-27)11-15-25-18-24(29-30-25)14-10-21(4)32-22(5)20(2)3/h8-18H,4,7,19H2,1-3,5-6H3,(H,29,30)/b9-8-,14-10+,15-11+,28-26+. The highest BCUT2D eigenvalue weighted by Gasteiger charge is 1.99. The zero-order valence-electron chi connectivity index (χ0n) is 19.7. The van der Waals surface area contributed by atoms with Gasteiger partial charge in [0.05, 0.1) is 22.9 Å². The molecule has 0 aliphatic carbocycles. The van der Waals surface area contributed by atoms with Crippen LogP contribution in [0.4, 0.5) is 0 Å². The van der Waals surface area contributed by atoms with Gasteiger partial charge in [0.25, 0.3) is 0 Å². The van der Waals surface area contributed by atoms with Crippen LogP contribution in [0.15, 0.2) is 77.2 Å². The first kappa shape index (κ1) is 24.7. The van der Waals surface area contributed by atoms with Crippen molar-refractivity contribution >= 4 is 23.9 Å². The molecule has 2 aromatic rings. The van der Waals surface area contributed by atoms with Crippen molar-refractivity contribution in [1.29, 1.82) is 0 Å². The van der Waals surface area contributed by atoms with Crippen molar-refractivity contribution in [3.05, 3.63) is 89.2 Å². The highest BCUT2D eigenvalue weighted by molar-refractivity contribution is 5.96. The average molecular weight is 432 g/mol. The van der Waals surface area contributed by atoms with Crippen molar-refractivity contribution in [2.24, 2.45) is 4.99 Å². The normalized spacial score (nSPS) is 12.1. The van der Waals surface area contributed by atoms with Crippen molar-refractivity contribution in [3.8, 4) is 5.75 Å². The largest absolute Gasteiger partial charge is 0.487 e. The third kappa shape index (κ3) is 8.64. The number of ether oxygens (including phenoxy) is 2. The van der Waals surface area contributed by atoms with E-state index in [-0.39, 0.29) is 0 Å². The monoisotopic (exact) mass is 431 g/mol. The summed E-state index contributed by atoms with van der Waals surface area (Å²) in [5.41, 5.74) is 4.81. The first-order valence-electron chi connectivity index (χ1n) is 10.7. The molecular formula is C27H33N3O2. The zero-order chi connectivity index (χ0) is 23.3. The Hall–Kier alpha value is -3.60. The Morgan fingerprint density at radius 1 is 1.09 bits per heavy atom. The van der Waals surface area contributed by atoms with E-state index in [9.17, 15) is 0 Å². The second-order valence-electron chi connectivity index (χ2n) is 7.42. The van der Waals surface area contributed by atoms with E-state index in [1.165, 1.54) is 0 Å². The number of allylic oxidation sites excluding steroid dienone is 4. The lowest BCUT2D eigenvalue weighted by molar-refractivity contribution is 0.319. The molecule has 1 aromatic heterocycles. The maximum absolute atomic E-state index is 5.81. The molecule has 1 aromatic carbocycles. The molecule has 0 radical (unpaired) electrons. The third-order valence-corrected chi connectivity index (χ3v) is 4.60. The minimum absolute atomic E-state index is 0.455. The van der Waals surface area contributed by atoms with Gasteiger partial charge in [0.1, 0.15) is 18.1 Å². The SMILES string of the molecule is C=C(/C=C/c1cc(/C=C/c2ccc(OCC(/C=C\CC)=N/C)cc2)n[nH]1)OC(C)=C(C)C. The number of hydrogen-bond donors (Lipinski definition) is 1. The van der Waals surface area contributed by atoms with Crippen LogP contribution in [-0.2, 0) is 4.74 Å². The van der Waals surface area contributed by atoms with Crippen LogP contribution in [0.5, 0.6) is 5.75 Å². The predicted octanol–water partition coefficient (Wildman–Crippen LogP) is 6.85. The van der Waals surface area contributed by atoms with Crippen LogP contribution in [0.2, 0.25) is 0 Å². The fourth-order valence-corrected chi connectivity index (χ4v) is 2.49.